The standard InChI is InChI=1S/C24H30ClN3O4/c1-24(2,3)15-28-12-11-20(21(14-28)23(30)27-31)22(29)26-17-7-9-18(10-8-17)32-19-6-4-5-16(25)13-19/h4-10,13,20-21,31H,11-12,14-15H2,1-3H3,(H,26,29)(H,27,30)/t20-,21-/m0/s1. The number of nitrogens with zero attached hydrogens (tertiary/aromatic N) is 1. The molecule has 3 rings (SSSR count). The lowest BCUT2D eigenvalue weighted by Crippen LogP contribution is -2.51. The lowest BCUT2D eigenvalue weighted by Gasteiger charge is -2.39. The summed E-state index contributed by atoms with van der Waals surface area (Å²) in [6, 6.07) is 14.1. The Morgan fingerprint density at radius 1 is 1.09 bits per heavy atom. The van der Waals surface area contributed by atoms with E-state index in [2.05, 4.69) is 31.0 Å². The van der Waals surface area contributed by atoms with Crippen molar-refractivity contribution >= 4 is 29.1 Å². The first-order valence-electron chi connectivity index (χ1n) is 10.7. The number of ether oxygens (including phenoxy) is 1. The molecule has 0 radical (unpaired) electrons. The molecule has 0 aliphatic carbocycles. The number of likely N-dealkylation sites (tertiary alicyclic amines) is 1. The number of carbonyl (C=O) groups is 2. The summed E-state index contributed by atoms with van der Waals surface area (Å²) in [5, 5.41) is 12.7. The van der Waals surface area contributed by atoms with Crippen LogP contribution >= 0.6 is 11.6 Å². The van der Waals surface area contributed by atoms with Gasteiger partial charge in [-0.15, -0.1) is 0 Å². The second-order valence-corrected chi connectivity index (χ2v) is 9.78. The maximum atomic E-state index is 13.0. The van der Waals surface area contributed by atoms with Gasteiger partial charge in [0.1, 0.15) is 11.5 Å². The van der Waals surface area contributed by atoms with Crippen LogP contribution in [0.3, 0.4) is 0 Å². The van der Waals surface area contributed by atoms with Gasteiger partial charge >= 0.3 is 0 Å². The van der Waals surface area contributed by atoms with E-state index in [1.54, 1.807) is 54.0 Å². The van der Waals surface area contributed by atoms with E-state index in [-0.39, 0.29) is 11.3 Å². The Kier molecular flexibility index (Phi) is 7.77. The van der Waals surface area contributed by atoms with Crippen LogP contribution in [0.5, 0.6) is 11.5 Å². The van der Waals surface area contributed by atoms with Crippen LogP contribution in [-0.4, -0.2) is 41.6 Å². The van der Waals surface area contributed by atoms with Crippen molar-refractivity contribution in [2.24, 2.45) is 17.3 Å². The third-order valence-corrected chi connectivity index (χ3v) is 5.57. The summed E-state index contributed by atoms with van der Waals surface area (Å²) < 4.78 is 5.77. The average Bonchev–Trinajstić information content (AvgIpc) is 2.73. The van der Waals surface area contributed by atoms with Gasteiger partial charge in [-0.3, -0.25) is 14.8 Å². The van der Waals surface area contributed by atoms with Crippen molar-refractivity contribution in [3.8, 4) is 11.5 Å². The van der Waals surface area contributed by atoms with Crippen molar-refractivity contribution in [3.05, 3.63) is 53.6 Å². The van der Waals surface area contributed by atoms with Crippen LogP contribution in [0.4, 0.5) is 5.69 Å². The third-order valence-electron chi connectivity index (χ3n) is 5.33. The number of amides is 2. The first-order chi connectivity index (χ1) is 15.1. The molecular formula is C24H30ClN3O4. The molecule has 2 aromatic carbocycles. The normalized spacial score (nSPS) is 19.3. The minimum atomic E-state index is -0.624. The highest BCUT2D eigenvalue weighted by atomic mass is 35.5. The van der Waals surface area contributed by atoms with Gasteiger partial charge in [-0.05, 0) is 60.8 Å². The highest BCUT2D eigenvalue weighted by Crippen LogP contribution is 2.29. The van der Waals surface area contributed by atoms with Crippen molar-refractivity contribution in [1.29, 1.82) is 0 Å². The molecule has 1 saturated heterocycles. The maximum absolute atomic E-state index is 13.0. The van der Waals surface area contributed by atoms with Crippen molar-refractivity contribution in [2.45, 2.75) is 27.2 Å². The molecule has 0 spiro atoms. The van der Waals surface area contributed by atoms with E-state index in [1.165, 1.54) is 0 Å². The minimum absolute atomic E-state index is 0.0736. The molecule has 1 fully saturated rings. The molecule has 2 aromatic rings. The third kappa shape index (κ3) is 6.69. The van der Waals surface area contributed by atoms with Gasteiger partial charge in [-0.25, -0.2) is 5.48 Å². The molecule has 1 aliphatic rings. The fourth-order valence-corrected chi connectivity index (χ4v) is 4.18. The fourth-order valence-electron chi connectivity index (χ4n) is 4.00. The van der Waals surface area contributed by atoms with E-state index < -0.39 is 17.7 Å². The first-order valence-corrected chi connectivity index (χ1v) is 11.0. The second-order valence-electron chi connectivity index (χ2n) is 9.35. The Balaban J connectivity index is 1.64. The minimum Gasteiger partial charge on any atom is -0.457 e. The number of hydrogen-bond donors (Lipinski definition) is 3. The topological polar surface area (TPSA) is 90.9 Å². The van der Waals surface area contributed by atoms with Gasteiger partial charge < -0.3 is 15.0 Å². The second kappa shape index (κ2) is 10.3. The van der Waals surface area contributed by atoms with Crippen LogP contribution in [-0.2, 0) is 9.59 Å². The summed E-state index contributed by atoms with van der Waals surface area (Å²) in [6.07, 6.45) is 0.538. The van der Waals surface area contributed by atoms with E-state index >= 15 is 0 Å². The number of piperidine rings is 1. The van der Waals surface area contributed by atoms with Crippen molar-refractivity contribution < 1.29 is 19.5 Å². The fraction of sp³-hybridized carbons (Fsp3) is 0.417. The quantitative estimate of drug-likeness (QED) is 0.435. The number of benzene rings is 2. The average molecular weight is 460 g/mol. The van der Waals surface area contributed by atoms with Gasteiger partial charge in [0, 0.05) is 23.8 Å². The SMILES string of the molecule is CC(C)(C)CN1CC[C@H](C(=O)Nc2ccc(Oc3cccc(Cl)c3)cc2)[C@@H](C(=O)NO)C1. The molecule has 0 aromatic heterocycles. The number of halogens is 1. The van der Waals surface area contributed by atoms with Gasteiger partial charge in [0.05, 0.1) is 11.8 Å². The highest BCUT2D eigenvalue weighted by Gasteiger charge is 2.39. The molecule has 8 heteroatoms. The molecule has 1 aliphatic heterocycles. The van der Waals surface area contributed by atoms with E-state index in [1.807, 2.05) is 0 Å². The summed E-state index contributed by atoms with van der Waals surface area (Å²) >= 11 is 5.98. The molecule has 7 nitrogen and oxygen atoms in total. The summed E-state index contributed by atoms with van der Waals surface area (Å²) in [5.74, 6) is -0.693. The zero-order valence-corrected chi connectivity index (χ0v) is 19.4. The van der Waals surface area contributed by atoms with Crippen molar-refractivity contribution in [1.82, 2.24) is 10.4 Å². The number of rotatable bonds is 6. The molecule has 3 N–H and O–H groups in total. The number of carbonyl (C=O) groups excluding carboxylic acids is 2. The van der Waals surface area contributed by atoms with Crippen molar-refractivity contribution in [2.75, 3.05) is 25.0 Å². The van der Waals surface area contributed by atoms with E-state index in [0.29, 0.717) is 35.2 Å². The van der Waals surface area contributed by atoms with E-state index in [9.17, 15) is 14.8 Å². The van der Waals surface area contributed by atoms with E-state index in [0.717, 1.165) is 13.1 Å². The Hall–Kier alpha value is -2.61. The molecule has 2 amide bonds. The number of hydrogen-bond acceptors (Lipinski definition) is 5. The summed E-state index contributed by atoms with van der Waals surface area (Å²) in [5.41, 5.74) is 2.41. The summed E-state index contributed by atoms with van der Waals surface area (Å²) in [6.45, 7) is 8.35. The van der Waals surface area contributed by atoms with Gasteiger partial charge in [-0.1, -0.05) is 38.4 Å². The smallest absolute Gasteiger partial charge is 0.248 e. The summed E-state index contributed by atoms with van der Waals surface area (Å²) in [4.78, 5) is 27.4. The number of hydroxylamine groups is 1. The van der Waals surface area contributed by atoms with Crippen LogP contribution in [0.1, 0.15) is 27.2 Å². The summed E-state index contributed by atoms with van der Waals surface area (Å²) in [7, 11) is 0. The number of nitrogens with one attached hydrogen (secondary N) is 2. The van der Waals surface area contributed by atoms with Crippen LogP contribution < -0.4 is 15.5 Å². The molecule has 32 heavy (non-hydrogen) atoms. The molecule has 0 bridgehead atoms. The predicted molar refractivity (Wildman–Crippen MR) is 124 cm³/mol. The molecule has 0 unspecified atom stereocenters. The highest BCUT2D eigenvalue weighted by molar-refractivity contribution is 6.30. The van der Waals surface area contributed by atoms with Crippen molar-refractivity contribution in [3.63, 3.8) is 0 Å². The van der Waals surface area contributed by atoms with E-state index in [4.69, 9.17) is 16.3 Å². The van der Waals surface area contributed by atoms with Crippen LogP contribution in [0, 0.1) is 17.3 Å². The number of anilines is 1. The largest absolute Gasteiger partial charge is 0.457 e. The molecule has 2 atom stereocenters. The van der Waals surface area contributed by atoms with Crippen LogP contribution in [0.2, 0.25) is 5.02 Å². The molecule has 1 heterocycles. The Labute approximate surface area is 193 Å². The molecule has 0 saturated carbocycles. The Morgan fingerprint density at radius 2 is 1.81 bits per heavy atom. The van der Waals surface area contributed by atoms with Crippen LogP contribution in [0.15, 0.2) is 48.5 Å². The monoisotopic (exact) mass is 459 g/mol. The van der Waals surface area contributed by atoms with Gasteiger partial charge in [0.15, 0.2) is 0 Å². The van der Waals surface area contributed by atoms with Gasteiger partial charge in [-0.2, -0.15) is 0 Å². The Morgan fingerprint density at radius 3 is 2.44 bits per heavy atom. The van der Waals surface area contributed by atoms with Crippen LogP contribution in [0.25, 0.3) is 0 Å². The zero-order chi connectivity index (χ0) is 23.3. The maximum Gasteiger partial charge on any atom is 0.248 e. The molecule has 172 valence electrons. The predicted octanol–water partition coefficient (Wildman–Crippen LogP) is 4.56. The van der Waals surface area contributed by atoms with Gasteiger partial charge in [0.2, 0.25) is 11.8 Å². The Bertz CT molecular complexity index is 943. The lowest BCUT2D eigenvalue weighted by molar-refractivity contribution is -0.142. The molecular weight excluding hydrogens is 430 g/mol. The van der Waals surface area contributed by atoms with Gasteiger partial charge in [0.25, 0.3) is 0 Å². The first kappa shape index (κ1) is 24.0. The zero-order valence-electron chi connectivity index (χ0n) is 18.6. The lowest BCUT2D eigenvalue weighted by atomic mass is 9.83.